The van der Waals surface area contributed by atoms with Gasteiger partial charge >= 0.3 is 5.97 Å². The number of benzene rings is 1. The number of rotatable bonds is 9. The third-order valence-electron chi connectivity index (χ3n) is 2.98. The predicted octanol–water partition coefficient (Wildman–Crippen LogP) is 3.92. The van der Waals surface area contributed by atoms with Crippen LogP contribution >= 0.6 is 0 Å². The van der Waals surface area contributed by atoms with Gasteiger partial charge in [-0.15, -0.1) is 0 Å². The van der Waals surface area contributed by atoms with E-state index in [0.29, 0.717) is 24.5 Å². The van der Waals surface area contributed by atoms with Crippen LogP contribution in [-0.2, 0) is 4.74 Å². The van der Waals surface area contributed by atoms with Crippen molar-refractivity contribution in [2.24, 2.45) is 0 Å². The summed E-state index contributed by atoms with van der Waals surface area (Å²) in [6, 6.07) is 4.51. The van der Waals surface area contributed by atoms with Gasteiger partial charge in [-0.2, -0.15) is 0 Å². The summed E-state index contributed by atoms with van der Waals surface area (Å²) >= 11 is 0. The number of hydrogen-bond donors (Lipinski definition) is 1. The number of esters is 1. The maximum atomic E-state index is 11.6. The van der Waals surface area contributed by atoms with Gasteiger partial charge in [0, 0.05) is 0 Å². The van der Waals surface area contributed by atoms with Crippen LogP contribution in [0.5, 0.6) is 11.5 Å². The zero-order valence-corrected chi connectivity index (χ0v) is 12.4. The first-order chi connectivity index (χ1) is 9.69. The van der Waals surface area contributed by atoms with Gasteiger partial charge in [0.2, 0.25) is 0 Å². The van der Waals surface area contributed by atoms with Gasteiger partial charge in [-0.3, -0.25) is 0 Å². The van der Waals surface area contributed by atoms with Crippen LogP contribution in [0, 0.1) is 0 Å². The Bertz CT molecular complexity index is 415. The number of phenolic OH excluding ortho intramolecular Hbond substituents is 1. The van der Waals surface area contributed by atoms with Crippen LogP contribution in [0.1, 0.15) is 56.3 Å². The van der Waals surface area contributed by atoms with Crippen molar-refractivity contribution in [2.45, 2.75) is 46.0 Å². The Labute approximate surface area is 120 Å². The molecule has 0 heterocycles. The second-order valence-electron chi connectivity index (χ2n) is 4.67. The van der Waals surface area contributed by atoms with Gasteiger partial charge < -0.3 is 14.6 Å². The van der Waals surface area contributed by atoms with E-state index in [-0.39, 0.29) is 5.75 Å². The predicted molar refractivity (Wildman–Crippen MR) is 78.3 cm³/mol. The molecule has 0 unspecified atom stereocenters. The summed E-state index contributed by atoms with van der Waals surface area (Å²) in [5.41, 5.74) is 0.394. The van der Waals surface area contributed by atoms with Crippen molar-refractivity contribution in [3.63, 3.8) is 0 Å². The molecule has 0 aliphatic heterocycles. The molecule has 0 saturated heterocycles. The van der Waals surface area contributed by atoms with Crippen LogP contribution in [0.25, 0.3) is 0 Å². The quantitative estimate of drug-likeness (QED) is 0.550. The summed E-state index contributed by atoms with van der Waals surface area (Å²) in [5, 5.41) is 9.71. The highest BCUT2D eigenvalue weighted by Crippen LogP contribution is 2.27. The highest BCUT2D eigenvalue weighted by Gasteiger charge is 2.10. The topological polar surface area (TPSA) is 55.8 Å². The molecule has 0 atom stereocenters. The van der Waals surface area contributed by atoms with E-state index >= 15 is 0 Å². The van der Waals surface area contributed by atoms with E-state index in [4.69, 9.17) is 9.47 Å². The number of unbranched alkanes of at least 4 members (excludes halogenated alkanes) is 4. The fourth-order valence-electron chi connectivity index (χ4n) is 1.86. The van der Waals surface area contributed by atoms with Crippen molar-refractivity contribution < 1.29 is 19.4 Å². The van der Waals surface area contributed by atoms with Gasteiger partial charge in [-0.1, -0.05) is 32.6 Å². The fourth-order valence-corrected chi connectivity index (χ4v) is 1.86. The lowest BCUT2D eigenvalue weighted by atomic mass is 10.1. The Morgan fingerprint density at radius 2 is 1.90 bits per heavy atom. The van der Waals surface area contributed by atoms with Crippen LogP contribution in [0.4, 0.5) is 0 Å². The zero-order valence-electron chi connectivity index (χ0n) is 12.4. The maximum Gasteiger partial charge on any atom is 0.338 e. The largest absolute Gasteiger partial charge is 0.504 e. The van der Waals surface area contributed by atoms with E-state index in [0.717, 1.165) is 12.8 Å². The van der Waals surface area contributed by atoms with E-state index < -0.39 is 5.97 Å². The Hall–Kier alpha value is -1.71. The summed E-state index contributed by atoms with van der Waals surface area (Å²) in [6.45, 7) is 4.80. The molecule has 0 radical (unpaired) electrons. The first kappa shape index (κ1) is 16.3. The van der Waals surface area contributed by atoms with Gasteiger partial charge in [-0.25, -0.2) is 4.79 Å². The molecule has 1 rings (SSSR count). The number of carbonyl (C=O) groups is 1. The third-order valence-corrected chi connectivity index (χ3v) is 2.98. The second-order valence-corrected chi connectivity index (χ2v) is 4.67. The standard InChI is InChI=1S/C16H24O4/c1-3-5-6-7-8-11-20-15-12-13(9-10-14(15)17)16(18)19-4-2/h9-10,12,17H,3-8,11H2,1-2H3. The first-order valence-electron chi connectivity index (χ1n) is 7.32. The van der Waals surface area contributed by atoms with Crippen LogP contribution in [-0.4, -0.2) is 24.3 Å². The monoisotopic (exact) mass is 280 g/mol. The number of hydrogen-bond acceptors (Lipinski definition) is 4. The zero-order chi connectivity index (χ0) is 14.8. The Morgan fingerprint density at radius 3 is 2.60 bits per heavy atom. The van der Waals surface area contributed by atoms with Gasteiger partial charge in [0.25, 0.3) is 0 Å². The van der Waals surface area contributed by atoms with Crippen molar-refractivity contribution in [3.8, 4) is 11.5 Å². The third kappa shape index (κ3) is 5.51. The first-order valence-corrected chi connectivity index (χ1v) is 7.32. The Balaban J connectivity index is 2.48. The SMILES string of the molecule is CCCCCCCOc1cc(C(=O)OCC)ccc1O. The lowest BCUT2D eigenvalue weighted by Gasteiger charge is -2.09. The molecule has 0 amide bonds. The minimum Gasteiger partial charge on any atom is -0.504 e. The van der Waals surface area contributed by atoms with Crippen LogP contribution in [0.3, 0.4) is 0 Å². The van der Waals surface area contributed by atoms with Gasteiger partial charge in [0.1, 0.15) is 0 Å². The van der Waals surface area contributed by atoms with Crippen LogP contribution in [0.15, 0.2) is 18.2 Å². The molecule has 4 nitrogen and oxygen atoms in total. The van der Waals surface area contributed by atoms with Gasteiger partial charge in [0.05, 0.1) is 18.8 Å². The van der Waals surface area contributed by atoms with Gasteiger partial charge in [-0.05, 0) is 31.5 Å². The van der Waals surface area contributed by atoms with E-state index in [9.17, 15) is 9.90 Å². The van der Waals surface area contributed by atoms with E-state index in [1.54, 1.807) is 6.92 Å². The lowest BCUT2D eigenvalue weighted by Crippen LogP contribution is -2.05. The van der Waals surface area contributed by atoms with E-state index in [1.165, 1.54) is 37.5 Å². The van der Waals surface area contributed by atoms with E-state index in [1.807, 2.05) is 0 Å². The highest BCUT2D eigenvalue weighted by molar-refractivity contribution is 5.90. The molecule has 1 aromatic carbocycles. The second kappa shape index (κ2) is 9.23. The average molecular weight is 280 g/mol. The number of carbonyl (C=O) groups excluding carboxylic acids is 1. The summed E-state index contributed by atoms with van der Waals surface area (Å²) < 4.78 is 10.4. The minimum atomic E-state index is -0.403. The molecule has 0 aromatic heterocycles. The van der Waals surface area contributed by atoms with Crippen molar-refractivity contribution in [1.29, 1.82) is 0 Å². The number of aromatic hydroxyl groups is 1. The molecule has 0 aliphatic carbocycles. The van der Waals surface area contributed by atoms with Crippen LogP contribution in [0.2, 0.25) is 0 Å². The summed E-state index contributed by atoms with van der Waals surface area (Å²) in [7, 11) is 0. The fraction of sp³-hybridized carbons (Fsp3) is 0.562. The Kier molecular flexibility index (Phi) is 7.55. The van der Waals surface area contributed by atoms with Crippen molar-refractivity contribution in [3.05, 3.63) is 23.8 Å². The highest BCUT2D eigenvalue weighted by atomic mass is 16.5. The molecule has 0 aliphatic rings. The molecule has 1 aromatic rings. The molecule has 20 heavy (non-hydrogen) atoms. The summed E-state index contributed by atoms with van der Waals surface area (Å²) in [5.74, 6) is -0.0158. The molecule has 0 spiro atoms. The minimum absolute atomic E-state index is 0.0478. The molecule has 0 saturated carbocycles. The van der Waals surface area contributed by atoms with Crippen LogP contribution < -0.4 is 4.74 Å². The Morgan fingerprint density at radius 1 is 1.15 bits per heavy atom. The average Bonchev–Trinajstić information content (AvgIpc) is 2.44. The molecule has 4 heteroatoms. The molecular weight excluding hydrogens is 256 g/mol. The number of phenols is 1. The lowest BCUT2D eigenvalue weighted by molar-refractivity contribution is 0.0526. The molecule has 1 N–H and O–H groups in total. The van der Waals surface area contributed by atoms with Crippen molar-refractivity contribution >= 4 is 5.97 Å². The van der Waals surface area contributed by atoms with Crippen molar-refractivity contribution in [1.82, 2.24) is 0 Å². The summed E-state index contributed by atoms with van der Waals surface area (Å²) in [6.07, 6.45) is 5.72. The number of ether oxygens (including phenoxy) is 2. The summed E-state index contributed by atoms with van der Waals surface area (Å²) in [4.78, 5) is 11.6. The molecule has 0 bridgehead atoms. The van der Waals surface area contributed by atoms with Crippen molar-refractivity contribution in [2.75, 3.05) is 13.2 Å². The smallest absolute Gasteiger partial charge is 0.338 e. The molecule has 0 fully saturated rings. The molecule has 112 valence electrons. The maximum absolute atomic E-state index is 11.6. The molecular formula is C16H24O4. The normalized spacial score (nSPS) is 10.3. The van der Waals surface area contributed by atoms with Gasteiger partial charge in [0.15, 0.2) is 11.5 Å². The van der Waals surface area contributed by atoms with E-state index in [2.05, 4.69) is 6.92 Å².